The molecular weight excluding hydrogens is 302 g/mol. The van der Waals surface area contributed by atoms with Gasteiger partial charge < -0.3 is 5.32 Å². The Morgan fingerprint density at radius 3 is 1.96 bits per heavy atom. The molecule has 1 atom stereocenters. The van der Waals surface area contributed by atoms with E-state index < -0.39 is 0 Å². The van der Waals surface area contributed by atoms with Crippen LogP contribution in [0.1, 0.15) is 56.4 Å². The van der Waals surface area contributed by atoms with Crippen LogP contribution in [0.4, 0.5) is 0 Å². The molecule has 2 aromatic carbocycles. The fraction of sp³-hybridized carbons (Fsp3) is 0.417. The number of aryl methyl sites for hydroxylation is 2. The molecule has 1 heteroatoms. The van der Waals surface area contributed by atoms with Crippen molar-refractivity contribution < 1.29 is 0 Å². The molecule has 0 fully saturated rings. The van der Waals surface area contributed by atoms with Crippen molar-refractivity contribution in [3.63, 3.8) is 0 Å². The maximum atomic E-state index is 3.75. The molecule has 25 heavy (non-hydrogen) atoms. The van der Waals surface area contributed by atoms with Gasteiger partial charge >= 0.3 is 0 Å². The molecule has 0 saturated carbocycles. The summed E-state index contributed by atoms with van der Waals surface area (Å²) in [6.07, 6.45) is 3.44. The number of allylic oxidation sites excluding steroid dienone is 1. The third kappa shape index (κ3) is 6.17. The van der Waals surface area contributed by atoms with E-state index in [1.165, 1.54) is 27.8 Å². The van der Waals surface area contributed by atoms with Gasteiger partial charge in [0.05, 0.1) is 0 Å². The first-order chi connectivity index (χ1) is 11.8. The van der Waals surface area contributed by atoms with Crippen LogP contribution in [0.5, 0.6) is 0 Å². The topological polar surface area (TPSA) is 12.0 Å². The van der Waals surface area contributed by atoms with Gasteiger partial charge in [-0.3, -0.25) is 0 Å². The van der Waals surface area contributed by atoms with Crippen LogP contribution >= 0.6 is 0 Å². The zero-order valence-electron chi connectivity index (χ0n) is 16.7. The Bertz CT molecular complexity index is 686. The van der Waals surface area contributed by atoms with Crippen LogP contribution in [0, 0.1) is 13.8 Å². The van der Waals surface area contributed by atoms with E-state index >= 15 is 0 Å². The Kier molecular flexibility index (Phi) is 6.61. The first-order valence-electron chi connectivity index (χ1n) is 9.27. The van der Waals surface area contributed by atoms with Crippen LogP contribution in [0.25, 0.3) is 0 Å². The summed E-state index contributed by atoms with van der Waals surface area (Å²) in [6.45, 7) is 14.2. The predicted molar refractivity (Wildman–Crippen MR) is 110 cm³/mol. The molecule has 1 nitrogen and oxygen atoms in total. The fourth-order valence-electron chi connectivity index (χ4n) is 3.22. The van der Waals surface area contributed by atoms with Crippen LogP contribution in [-0.4, -0.2) is 6.04 Å². The van der Waals surface area contributed by atoms with Crippen molar-refractivity contribution in [2.45, 2.75) is 66.0 Å². The molecule has 1 N–H and O–H groups in total. The molecular formula is C24H33N. The fourth-order valence-corrected chi connectivity index (χ4v) is 3.22. The maximum absolute atomic E-state index is 3.75. The second-order valence-corrected chi connectivity index (χ2v) is 8.17. The first-order valence-corrected chi connectivity index (χ1v) is 9.27. The van der Waals surface area contributed by atoms with Crippen molar-refractivity contribution in [1.82, 2.24) is 5.32 Å². The van der Waals surface area contributed by atoms with Crippen molar-refractivity contribution in [1.29, 1.82) is 0 Å². The van der Waals surface area contributed by atoms with Crippen LogP contribution in [0.15, 0.2) is 60.2 Å². The lowest BCUT2D eigenvalue weighted by molar-refractivity contribution is 0.409. The van der Waals surface area contributed by atoms with E-state index in [9.17, 15) is 0 Å². The van der Waals surface area contributed by atoms with E-state index in [1.54, 1.807) is 0 Å². The van der Waals surface area contributed by atoms with Gasteiger partial charge in [-0.1, -0.05) is 85.2 Å². The molecule has 0 amide bonds. The van der Waals surface area contributed by atoms with Gasteiger partial charge in [0.25, 0.3) is 0 Å². The predicted octanol–water partition coefficient (Wildman–Crippen LogP) is 6.10. The highest BCUT2D eigenvalue weighted by molar-refractivity contribution is 5.28. The lowest BCUT2D eigenvalue weighted by atomic mass is 9.78. The summed E-state index contributed by atoms with van der Waals surface area (Å²) in [5, 5.41) is 3.75. The average Bonchev–Trinajstić information content (AvgIpc) is 2.53. The summed E-state index contributed by atoms with van der Waals surface area (Å²) in [5.74, 6) is 0. The third-order valence-corrected chi connectivity index (χ3v) is 4.79. The number of benzene rings is 2. The summed E-state index contributed by atoms with van der Waals surface area (Å²) in [4.78, 5) is 0. The Labute approximate surface area is 154 Å². The Hall–Kier alpha value is -1.86. The summed E-state index contributed by atoms with van der Waals surface area (Å²) in [6, 6.07) is 18.1. The van der Waals surface area contributed by atoms with E-state index in [0.717, 1.165) is 13.0 Å². The molecule has 1 unspecified atom stereocenters. The molecule has 0 heterocycles. The molecule has 0 aliphatic carbocycles. The summed E-state index contributed by atoms with van der Waals surface area (Å²) >= 11 is 0. The van der Waals surface area contributed by atoms with Crippen LogP contribution < -0.4 is 5.32 Å². The van der Waals surface area contributed by atoms with Crippen LogP contribution in [-0.2, 0) is 12.0 Å². The largest absolute Gasteiger partial charge is 0.306 e. The van der Waals surface area contributed by atoms with Crippen LogP contribution in [0.2, 0.25) is 0 Å². The molecule has 0 spiro atoms. The smallest absolute Gasteiger partial charge is 0.0263 e. The molecule has 2 rings (SSSR count). The minimum Gasteiger partial charge on any atom is -0.306 e. The Balaban J connectivity index is 2.09. The highest BCUT2D eigenvalue weighted by Gasteiger charge is 2.24. The zero-order chi connectivity index (χ0) is 18.4. The van der Waals surface area contributed by atoms with Gasteiger partial charge in [-0.05, 0) is 50.7 Å². The van der Waals surface area contributed by atoms with Gasteiger partial charge in [0.1, 0.15) is 0 Å². The minimum absolute atomic E-state index is 0.130. The quantitative estimate of drug-likeness (QED) is 0.603. The molecule has 0 saturated heterocycles. The van der Waals surface area contributed by atoms with Crippen molar-refractivity contribution in [3.05, 3.63) is 82.4 Å². The van der Waals surface area contributed by atoms with Gasteiger partial charge in [-0.25, -0.2) is 0 Å². The van der Waals surface area contributed by atoms with Gasteiger partial charge in [0.2, 0.25) is 0 Å². The average molecular weight is 336 g/mol. The second kappa shape index (κ2) is 8.49. The number of hydrogen-bond donors (Lipinski definition) is 1. The highest BCUT2D eigenvalue weighted by atomic mass is 14.9. The number of rotatable bonds is 7. The zero-order valence-corrected chi connectivity index (χ0v) is 16.7. The minimum atomic E-state index is 0.130. The number of hydrogen-bond acceptors (Lipinski definition) is 1. The lowest BCUT2D eigenvalue weighted by Gasteiger charge is -2.30. The monoisotopic (exact) mass is 335 g/mol. The molecule has 0 aliphatic heterocycles. The molecule has 0 bridgehead atoms. The second-order valence-electron chi connectivity index (χ2n) is 8.17. The molecule has 134 valence electrons. The normalized spacial score (nSPS) is 12.7. The summed E-state index contributed by atoms with van der Waals surface area (Å²) in [7, 11) is 0. The Morgan fingerprint density at radius 2 is 1.44 bits per heavy atom. The highest BCUT2D eigenvalue weighted by Crippen LogP contribution is 2.29. The molecule has 2 aromatic rings. The van der Waals surface area contributed by atoms with Gasteiger partial charge in [0, 0.05) is 12.6 Å². The van der Waals surface area contributed by atoms with Gasteiger partial charge in [-0.2, -0.15) is 0 Å². The van der Waals surface area contributed by atoms with E-state index in [1.807, 2.05) is 0 Å². The van der Waals surface area contributed by atoms with Crippen molar-refractivity contribution in [2.75, 3.05) is 0 Å². The van der Waals surface area contributed by atoms with Crippen molar-refractivity contribution in [2.24, 2.45) is 0 Å². The molecule has 0 radical (unpaired) electrons. The van der Waals surface area contributed by atoms with Crippen LogP contribution in [0.3, 0.4) is 0 Å². The summed E-state index contributed by atoms with van der Waals surface area (Å²) < 4.78 is 0. The van der Waals surface area contributed by atoms with E-state index in [0.29, 0.717) is 6.04 Å². The maximum Gasteiger partial charge on any atom is 0.0263 e. The van der Waals surface area contributed by atoms with E-state index in [4.69, 9.17) is 0 Å². The first kappa shape index (κ1) is 19.5. The van der Waals surface area contributed by atoms with E-state index in [2.05, 4.69) is 101 Å². The SMILES string of the molecule is CC(C)=CC(CC(C)(C)c1ccc(C)cc1)NCc1ccc(C)cc1. The molecule has 0 aliphatic rings. The standard InChI is InChI=1S/C24H33N/c1-18(2)15-23(25-17-21-11-7-19(3)8-12-21)16-24(5,6)22-13-9-20(4)10-14-22/h7-15,23,25H,16-17H2,1-6H3. The summed E-state index contributed by atoms with van der Waals surface area (Å²) in [5.41, 5.74) is 6.86. The molecule has 0 aromatic heterocycles. The van der Waals surface area contributed by atoms with E-state index in [-0.39, 0.29) is 5.41 Å². The van der Waals surface area contributed by atoms with Gasteiger partial charge in [-0.15, -0.1) is 0 Å². The van der Waals surface area contributed by atoms with Gasteiger partial charge in [0.15, 0.2) is 0 Å². The number of nitrogens with one attached hydrogen (secondary N) is 1. The Morgan fingerprint density at radius 1 is 0.920 bits per heavy atom. The van der Waals surface area contributed by atoms with Crippen molar-refractivity contribution >= 4 is 0 Å². The third-order valence-electron chi connectivity index (χ3n) is 4.79. The van der Waals surface area contributed by atoms with Crippen molar-refractivity contribution in [3.8, 4) is 0 Å². The lowest BCUT2D eigenvalue weighted by Crippen LogP contribution is -2.34.